The fraction of sp³-hybridized carbons (Fsp3) is 0.417. The van der Waals surface area contributed by atoms with Crippen molar-refractivity contribution in [2.24, 2.45) is 0 Å². The van der Waals surface area contributed by atoms with Crippen LogP contribution in [0.1, 0.15) is 30.0 Å². The highest BCUT2D eigenvalue weighted by Crippen LogP contribution is 2.40. The molecule has 3 atom stereocenters. The van der Waals surface area contributed by atoms with Crippen molar-refractivity contribution >= 4 is 17.5 Å². The zero-order chi connectivity index (χ0) is 21.2. The Morgan fingerprint density at radius 3 is 2.55 bits per heavy atom. The summed E-state index contributed by atoms with van der Waals surface area (Å²) in [5.41, 5.74) is 3.27. The summed E-state index contributed by atoms with van der Waals surface area (Å²) in [6.07, 6.45) is 0.956. The highest BCUT2D eigenvalue weighted by Gasteiger charge is 2.37. The van der Waals surface area contributed by atoms with Crippen LogP contribution in [0, 0.1) is 0 Å². The number of benzene rings is 2. The maximum atomic E-state index is 13.6. The van der Waals surface area contributed by atoms with Gasteiger partial charge in [-0.3, -0.25) is 19.8 Å². The molecule has 7 nitrogen and oxygen atoms in total. The maximum Gasteiger partial charge on any atom is 0.231 e. The van der Waals surface area contributed by atoms with Crippen LogP contribution in [-0.2, 0) is 20.7 Å². The van der Waals surface area contributed by atoms with Crippen molar-refractivity contribution in [3.8, 4) is 0 Å². The van der Waals surface area contributed by atoms with Crippen molar-refractivity contribution in [1.82, 2.24) is 15.5 Å². The van der Waals surface area contributed by atoms with Gasteiger partial charge >= 0.3 is 0 Å². The minimum absolute atomic E-state index is 0.0132. The molecule has 0 spiro atoms. The molecule has 0 aromatic heterocycles. The molecule has 0 radical (unpaired) electrons. The Labute approximate surface area is 182 Å². The Morgan fingerprint density at radius 1 is 1.00 bits per heavy atom. The number of fused-ring (bicyclic) bond motifs is 1. The molecule has 7 heteroatoms. The standard InChI is InChI=1S/C24H28N4O3/c29-23-16-22(27-10-12-31-13-11-27)25-21(26-23)15-24(30)28-19-9-5-4-8-18(19)14-20(28)17-6-2-1-3-7-17/h1-9,20-22,25H,10-16H2,(H,26,29). The van der Waals surface area contributed by atoms with E-state index >= 15 is 0 Å². The molecule has 0 bridgehead atoms. The van der Waals surface area contributed by atoms with E-state index in [4.69, 9.17) is 4.74 Å². The lowest BCUT2D eigenvalue weighted by Crippen LogP contribution is -2.63. The first-order valence-electron chi connectivity index (χ1n) is 11.0. The van der Waals surface area contributed by atoms with E-state index < -0.39 is 0 Å². The molecule has 3 unspecified atom stereocenters. The largest absolute Gasteiger partial charge is 0.379 e. The van der Waals surface area contributed by atoms with E-state index in [9.17, 15) is 9.59 Å². The van der Waals surface area contributed by atoms with Crippen LogP contribution < -0.4 is 15.5 Å². The summed E-state index contributed by atoms with van der Waals surface area (Å²) >= 11 is 0. The lowest BCUT2D eigenvalue weighted by molar-refractivity contribution is -0.128. The number of morpholine rings is 1. The summed E-state index contributed by atoms with van der Waals surface area (Å²) in [6, 6.07) is 18.2. The van der Waals surface area contributed by atoms with Gasteiger partial charge in [0.1, 0.15) is 0 Å². The minimum atomic E-state index is -0.384. The number of ether oxygens (including phenoxy) is 1. The van der Waals surface area contributed by atoms with Crippen molar-refractivity contribution < 1.29 is 14.3 Å². The van der Waals surface area contributed by atoms with Crippen LogP contribution in [0.2, 0.25) is 0 Å². The normalized spacial score (nSPS) is 26.4. The third-order valence-corrected chi connectivity index (χ3v) is 6.40. The van der Waals surface area contributed by atoms with E-state index in [-0.39, 0.29) is 36.6 Å². The van der Waals surface area contributed by atoms with Gasteiger partial charge in [-0.25, -0.2) is 0 Å². The second-order valence-electron chi connectivity index (χ2n) is 8.38. The number of amides is 2. The third kappa shape index (κ3) is 4.21. The number of carbonyl (C=O) groups excluding carboxylic acids is 2. The van der Waals surface area contributed by atoms with Crippen LogP contribution in [0.15, 0.2) is 54.6 Å². The van der Waals surface area contributed by atoms with Gasteiger partial charge in [0, 0.05) is 18.8 Å². The quantitative estimate of drug-likeness (QED) is 0.789. The Kier molecular flexibility index (Phi) is 5.72. The van der Waals surface area contributed by atoms with Crippen LogP contribution in [0.25, 0.3) is 0 Å². The van der Waals surface area contributed by atoms with Crippen molar-refractivity contribution in [3.63, 3.8) is 0 Å². The maximum absolute atomic E-state index is 13.6. The average Bonchev–Trinajstić information content (AvgIpc) is 3.20. The van der Waals surface area contributed by atoms with Gasteiger partial charge in [0.05, 0.1) is 44.4 Å². The van der Waals surface area contributed by atoms with Crippen LogP contribution in [0.4, 0.5) is 5.69 Å². The molecule has 2 N–H and O–H groups in total. The number of rotatable bonds is 4. The van der Waals surface area contributed by atoms with Gasteiger partial charge in [0.25, 0.3) is 0 Å². The second-order valence-corrected chi connectivity index (χ2v) is 8.38. The molecule has 2 amide bonds. The van der Waals surface area contributed by atoms with E-state index in [1.54, 1.807) is 0 Å². The number of anilines is 1. The first-order valence-corrected chi connectivity index (χ1v) is 11.0. The highest BCUT2D eigenvalue weighted by atomic mass is 16.5. The van der Waals surface area contributed by atoms with E-state index in [2.05, 4.69) is 33.7 Å². The Bertz CT molecular complexity index is 945. The van der Waals surface area contributed by atoms with Crippen molar-refractivity contribution in [1.29, 1.82) is 0 Å². The van der Waals surface area contributed by atoms with Gasteiger partial charge in [-0.2, -0.15) is 0 Å². The first kappa shape index (κ1) is 20.2. The fourth-order valence-corrected chi connectivity index (χ4v) is 4.90. The van der Waals surface area contributed by atoms with Gasteiger partial charge < -0.3 is 15.0 Å². The predicted octanol–water partition coefficient (Wildman–Crippen LogP) is 1.80. The Hall–Kier alpha value is -2.74. The van der Waals surface area contributed by atoms with Gasteiger partial charge in [-0.05, 0) is 23.6 Å². The lowest BCUT2D eigenvalue weighted by atomic mass is 10.0. The SMILES string of the molecule is O=C1CC(N2CCOCC2)NC(CC(=O)N2c3ccccc3CC2c2ccccc2)N1. The number of hydrogen-bond acceptors (Lipinski definition) is 5. The van der Waals surface area contributed by atoms with E-state index in [0.29, 0.717) is 19.6 Å². The highest BCUT2D eigenvalue weighted by molar-refractivity contribution is 5.97. The molecule has 2 aromatic rings. The molecule has 3 aliphatic heterocycles. The van der Waals surface area contributed by atoms with Crippen LogP contribution in [0.3, 0.4) is 0 Å². The molecule has 0 saturated carbocycles. The van der Waals surface area contributed by atoms with Crippen LogP contribution >= 0.6 is 0 Å². The molecule has 2 fully saturated rings. The lowest BCUT2D eigenvalue weighted by Gasteiger charge is -2.40. The van der Waals surface area contributed by atoms with Crippen LogP contribution in [0.5, 0.6) is 0 Å². The number of nitrogens with zero attached hydrogens (tertiary/aromatic N) is 2. The van der Waals surface area contributed by atoms with Crippen LogP contribution in [-0.4, -0.2) is 55.3 Å². The Balaban J connectivity index is 1.34. The molecule has 31 heavy (non-hydrogen) atoms. The summed E-state index contributed by atoms with van der Waals surface area (Å²) in [4.78, 5) is 30.1. The predicted molar refractivity (Wildman–Crippen MR) is 117 cm³/mol. The zero-order valence-electron chi connectivity index (χ0n) is 17.5. The summed E-state index contributed by atoms with van der Waals surface area (Å²) in [6.45, 7) is 2.93. The number of hydrogen-bond donors (Lipinski definition) is 2. The molecule has 162 valence electrons. The summed E-state index contributed by atoms with van der Waals surface area (Å²) in [5, 5.41) is 6.44. The molecular formula is C24H28N4O3. The van der Waals surface area contributed by atoms with Gasteiger partial charge in [0.15, 0.2) is 0 Å². The molecule has 2 aromatic carbocycles. The van der Waals surface area contributed by atoms with Gasteiger partial charge in [0.2, 0.25) is 11.8 Å². The molecule has 3 aliphatic rings. The number of carbonyl (C=O) groups is 2. The smallest absolute Gasteiger partial charge is 0.231 e. The molecule has 0 aliphatic carbocycles. The zero-order valence-corrected chi connectivity index (χ0v) is 17.5. The van der Waals surface area contributed by atoms with E-state index in [1.165, 1.54) is 5.56 Å². The minimum Gasteiger partial charge on any atom is -0.379 e. The monoisotopic (exact) mass is 420 g/mol. The van der Waals surface area contributed by atoms with Crippen molar-refractivity contribution in [2.45, 2.75) is 37.6 Å². The number of para-hydroxylation sites is 1. The topological polar surface area (TPSA) is 73.9 Å². The third-order valence-electron chi connectivity index (χ3n) is 6.40. The second kappa shape index (κ2) is 8.78. The number of nitrogens with one attached hydrogen (secondary N) is 2. The first-order chi connectivity index (χ1) is 15.2. The van der Waals surface area contributed by atoms with Crippen molar-refractivity contribution in [2.75, 3.05) is 31.2 Å². The van der Waals surface area contributed by atoms with Crippen molar-refractivity contribution in [3.05, 3.63) is 65.7 Å². The molecular weight excluding hydrogens is 392 g/mol. The van der Waals surface area contributed by atoms with E-state index in [1.807, 2.05) is 41.3 Å². The fourth-order valence-electron chi connectivity index (χ4n) is 4.90. The summed E-state index contributed by atoms with van der Waals surface area (Å²) in [7, 11) is 0. The van der Waals surface area contributed by atoms with Gasteiger partial charge in [-0.1, -0.05) is 48.5 Å². The average molecular weight is 421 g/mol. The van der Waals surface area contributed by atoms with E-state index in [0.717, 1.165) is 30.8 Å². The molecule has 5 rings (SSSR count). The molecule has 2 saturated heterocycles. The molecule has 3 heterocycles. The summed E-state index contributed by atoms with van der Waals surface area (Å²) in [5.74, 6) is -0.00583. The Morgan fingerprint density at radius 2 is 1.74 bits per heavy atom. The summed E-state index contributed by atoms with van der Waals surface area (Å²) < 4.78 is 5.43. The van der Waals surface area contributed by atoms with Gasteiger partial charge in [-0.15, -0.1) is 0 Å².